The lowest BCUT2D eigenvalue weighted by Crippen LogP contribution is -2.50. The molecule has 2 aromatic carbocycles. The summed E-state index contributed by atoms with van der Waals surface area (Å²) >= 11 is 0. The molecule has 0 aromatic heterocycles. The SMILES string of the molecule is CCOC(=O)N[C@H]1CS(=O)(=O)C[C@H]1NC(c1ccccc1)c1ccccc1. The number of ether oxygens (including phenoxy) is 1. The minimum atomic E-state index is -3.25. The van der Waals surface area contributed by atoms with Gasteiger partial charge in [-0.2, -0.15) is 0 Å². The van der Waals surface area contributed by atoms with E-state index in [1.165, 1.54) is 0 Å². The highest BCUT2D eigenvalue weighted by molar-refractivity contribution is 7.91. The Labute approximate surface area is 159 Å². The van der Waals surface area contributed by atoms with Crippen molar-refractivity contribution in [2.24, 2.45) is 0 Å². The molecular formula is C20H24N2O4S. The standard InChI is InChI=1S/C20H24N2O4S/c1-2-26-20(23)22-18-14-27(24,25)13-17(18)21-19(15-9-5-3-6-10-15)16-11-7-4-8-12-16/h3-12,17-19,21H,2,13-14H2,1H3,(H,22,23)/t17-,18+/m1/s1. The third kappa shape index (κ3) is 5.08. The molecule has 0 saturated carbocycles. The van der Waals surface area contributed by atoms with Crippen molar-refractivity contribution < 1.29 is 17.9 Å². The van der Waals surface area contributed by atoms with Crippen molar-refractivity contribution in [3.63, 3.8) is 0 Å². The Bertz CT molecular complexity index is 817. The van der Waals surface area contributed by atoms with Crippen LogP contribution in [0.2, 0.25) is 0 Å². The molecule has 1 amide bonds. The lowest BCUT2D eigenvalue weighted by Gasteiger charge is -2.27. The molecule has 1 heterocycles. The molecular weight excluding hydrogens is 364 g/mol. The zero-order valence-electron chi connectivity index (χ0n) is 15.2. The number of rotatable bonds is 6. The third-order valence-electron chi connectivity index (χ3n) is 4.58. The Morgan fingerprint density at radius 1 is 1.00 bits per heavy atom. The largest absolute Gasteiger partial charge is 0.450 e. The number of amides is 1. The highest BCUT2D eigenvalue weighted by Gasteiger charge is 2.40. The topological polar surface area (TPSA) is 84.5 Å². The van der Waals surface area contributed by atoms with Gasteiger partial charge >= 0.3 is 6.09 Å². The molecule has 144 valence electrons. The number of hydrogen-bond acceptors (Lipinski definition) is 5. The van der Waals surface area contributed by atoms with Gasteiger partial charge in [-0.3, -0.25) is 0 Å². The van der Waals surface area contributed by atoms with Gasteiger partial charge in [0.15, 0.2) is 9.84 Å². The predicted octanol–water partition coefficient (Wildman–Crippen LogP) is 2.28. The average Bonchev–Trinajstić information content (AvgIpc) is 2.94. The van der Waals surface area contributed by atoms with Gasteiger partial charge in [-0.25, -0.2) is 13.2 Å². The van der Waals surface area contributed by atoms with E-state index >= 15 is 0 Å². The Morgan fingerprint density at radius 3 is 2.04 bits per heavy atom. The molecule has 0 spiro atoms. The van der Waals surface area contributed by atoms with E-state index in [9.17, 15) is 13.2 Å². The summed E-state index contributed by atoms with van der Waals surface area (Å²) in [6.45, 7) is 1.95. The molecule has 27 heavy (non-hydrogen) atoms. The van der Waals surface area contributed by atoms with E-state index in [0.717, 1.165) is 11.1 Å². The van der Waals surface area contributed by atoms with Crippen LogP contribution in [0.25, 0.3) is 0 Å². The van der Waals surface area contributed by atoms with Gasteiger partial charge in [-0.05, 0) is 18.1 Å². The van der Waals surface area contributed by atoms with Gasteiger partial charge in [-0.1, -0.05) is 60.7 Å². The molecule has 1 fully saturated rings. The number of nitrogens with one attached hydrogen (secondary N) is 2. The summed E-state index contributed by atoms with van der Waals surface area (Å²) in [5, 5.41) is 6.14. The third-order valence-corrected chi connectivity index (χ3v) is 6.31. The van der Waals surface area contributed by atoms with Crippen molar-refractivity contribution in [1.29, 1.82) is 0 Å². The number of hydrogen-bond donors (Lipinski definition) is 2. The molecule has 1 aliphatic heterocycles. The van der Waals surface area contributed by atoms with Crippen LogP contribution in [0.3, 0.4) is 0 Å². The second-order valence-corrected chi connectivity index (χ2v) is 8.73. The van der Waals surface area contributed by atoms with E-state index in [1.807, 2.05) is 60.7 Å². The summed E-state index contributed by atoms with van der Waals surface area (Å²) in [5.41, 5.74) is 2.06. The normalized spacial score (nSPS) is 21.1. The molecule has 2 aromatic rings. The average molecular weight is 388 g/mol. The second-order valence-electron chi connectivity index (χ2n) is 6.58. The van der Waals surface area contributed by atoms with Crippen LogP contribution in [-0.4, -0.2) is 44.7 Å². The highest BCUT2D eigenvalue weighted by atomic mass is 32.2. The Morgan fingerprint density at radius 2 is 1.52 bits per heavy atom. The van der Waals surface area contributed by atoms with Crippen LogP contribution in [0.1, 0.15) is 24.1 Å². The van der Waals surface area contributed by atoms with E-state index in [0.29, 0.717) is 0 Å². The van der Waals surface area contributed by atoms with E-state index in [4.69, 9.17) is 4.74 Å². The first kappa shape index (κ1) is 19.4. The summed E-state index contributed by atoms with van der Waals surface area (Å²) in [6.07, 6.45) is -0.595. The van der Waals surface area contributed by atoms with Gasteiger partial charge in [0.25, 0.3) is 0 Å². The summed E-state index contributed by atoms with van der Waals surface area (Å²) < 4.78 is 29.3. The van der Waals surface area contributed by atoms with Gasteiger partial charge in [0.05, 0.1) is 30.2 Å². The van der Waals surface area contributed by atoms with Crippen LogP contribution in [-0.2, 0) is 14.6 Å². The summed E-state index contributed by atoms with van der Waals surface area (Å²) in [7, 11) is -3.25. The maximum atomic E-state index is 12.2. The van der Waals surface area contributed by atoms with Gasteiger partial charge in [0.2, 0.25) is 0 Å². The van der Waals surface area contributed by atoms with E-state index < -0.39 is 28.0 Å². The lowest BCUT2D eigenvalue weighted by molar-refractivity contribution is 0.147. The van der Waals surface area contributed by atoms with Crippen LogP contribution < -0.4 is 10.6 Å². The molecule has 6 nitrogen and oxygen atoms in total. The molecule has 0 radical (unpaired) electrons. The second kappa shape index (κ2) is 8.54. The van der Waals surface area contributed by atoms with Gasteiger partial charge < -0.3 is 15.4 Å². The Kier molecular flexibility index (Phi) is 6.13. The summed E-state index contributed by atoms with van der Waals surface area (Å²) in [6, 6.07) is 18.6. The smallest absolute Gasteiger partial charge is 0.407 e. The fourth-order valence-corrected chi connectivity index (χ4v) is 5.24. The van der Waals surface area contributed by atoms with Crippen LogP contribution in [0.4, 0.5) is 4.79 Å². The van der Waals surface area contributed by atoms with Crippen molar-refractivity contribution in [2.45, 2.75) is 25.0 Å². The Balaban J connectivity index is 1.86. The molecule has 0 aliphatic carbocycles. The molecule has 0 bridgehead atoms. The van der Waals surface area contributed by atoms with Gasteiger partial charge in [0.1, 0.15) is 0 Å². The molecule has 3 rings (SSSR count). The molecule has 2 atom stereocenters. The first-order valence-electron chi connectivity index (χ1n) is 8.98. The number of alkyl carbamates (subject to hydrolysis) is 1. The fraction of sp³-hybridized carbons (Fsp3) is 0.350. The van der Waals surface area contributed by atoms with Crippen molar-refractivity contribution in [3.05, 3.63) is 71.8 Å². The highest BCUT2D eigenvalue weighted by Crippen LogP contribution is 2.25. The van der Waals surface area contributed by atoms with Crippen LogP contribution in [0.5, 0.6) is 0 Å². The zero-order chi connectivity index (χ0) is 19.3. The Hall–Kier alpha value is -2.38. The molecule has 2 N–H and O–H groups in total. The number of carbonyl (C=O) groups is 1. The van der Waals surface area contributed by atoms with Crippen molar-refractivity contribution >= 4 is 15.9 Å². The number of carbonyl (C=O) groups excluding carboxylic acids is 1. The maximum Gasteiger partial charge on any atom is 0.407 e. The van der Waals surface area contributed by atoms with Gasteiger partial charge in [-0.15, -0.1) is 0 Å². The van der Waals surface area contributed by atoms with E-state index in [2.05, 4.69) is 10.6 Å². The lowest BCUT2D eigenvalue weighted by atomic mass is 9.97. The van der Waals surface area contributed by atoms with Gasteiger partial charge in [0, 0.05) is 6.04 Å². The summed E-state index contributed by atoms with van der Waals surface area (Å²) in [4.78, 5) is 11.8. The quantitative estimate of drug-likeness (QED) is 0.793. The summed E-state index contributed by atoms with van der Waals surface area (Å²) in [5.74, 6) is -0.125. The minimum Gasteiger partial charge on any atom is -0.450 e. The van der Waals surface area contributed by atoms with Crippen LogP contribution >= 0.6 is 0 Å². The first-order chi connectivity index (χ1) is 13.0. The number of sulfone groups is 1. The van der Waals surface area contributed by atoms with E-state index in [-0.39, 0.29) is 24.2 Å². The molecule has 0 unspecified atom stereocenters. The van der Waals surface area contributed by atoms with Crippen molar-refractivity contribution in [1.82, 2.24) is 10.6 Å². The molecule has 1 saturated heterocycles. The zero-order valence-corrected chi connectivity index (χ0v) is 16.0. The number of benzene rings is 2. The predicted molar refractivity (Wildman–Crippen MR) is 104 cm³/mol. The first-order valence-corrected chi connectivity index (χ1v) is 10.8. The fourth-order valence-electron chi connectivity index (χ4n) is 3.37. The van der Waals surface area contributed by atoms with Crippen molar-refractivity contribution in [3.8, 4) is 0 Å². The van der Waals surface area contributed by atoms with Crippen LogP contribution in [0.15, 0.2) is 60.7 Å². The molecule has 1 aliphatic rings. The maximum absolute atomic E-state index is 12.2. The van der Waals surface area contributed by atoms with E-state index in [1.54, 1.807) is 6.92 Å². The minimum absolute atomic E-state index is 0.0275. The van der Waals surface area contributed by atoms with Crippen LogP contribution in [0, 0.1) is 0 Å². The van der Waals surface area contributed by atoms with Crippen molar-refractivity contribution in [2.75, 3.05) is 18.1 Å². The molecule has 7 heteroatoms. The monoisotopic (exact) mass is 388 g/mol.